The van der Waals surface area contributed by atoms with Gasteiger partial charge in [0.05, 0.1) is 12.2 Å². The first kappa shape index (κ1) is 13.0. The van der Waals surface area contributed by atoms with Crippen molar-refractivity contribution in [1.29, 1.82) is 0 Å². The molecule has 0 saturated carbocycles. The summed E-state index contributed by atoms with van der Waals surface area (Å²) in [4.78, 5) is 13.9. The molecule has 1 heterocycles. The molecule has 4 heteroatoms. The lowest BCUT2D eigenvalue weighted by molar-refractivity contribution is -0.117. The lowest BCUT2D eigenvalue weighted by Crippen LogP contribution is -2.38. The topological polar surface area (TPSA) is 32.3 Å². The fraction of sp³-hybridized carbons (Fsp3) is 0.500. The molecule has 1 fully saturated rings. The standard InChI is InChI=1S/C14H19FN2O/c1-11-6-8-17(9-7-11)10-14(18)16-13-5-3-2-4-12(13)15/h2-5,11H,6-10H2,1H3,(H,16,18). The monoisotopic (exact) mass is 250 g/mol. The first-order chi connectivity index (χ1) is 8.65. The molecule has 0 spiro atoms. The molecule has 1 aliphatic heterocycles. The maximum Gasteiger partial charge on any atom is 0.238 e. The summed E-state index contributed by atoms with van der Waals surface area (Å²) in [6.07, 6.45) is 2.26. The molecular formula is C14H19FN2O. The molecule has 98 valence electrons. The molecule has 0 bridgehead atoms. The number of carbonyl (C=O) groups is 1. The van der Waals surface area contributed by atoms with Gasteiger partial charge >= 0.3 is 0 Å². The van der Waals surface area contributed by atoms with Gasteiger partial charge in [0, 0.05) is 0 Å². The second kappa shape index (κ2) is 5.96. The van der Waals surface area contributed by atoms with E-state index in [0.29, 0.717) is 6.54 Å². The van der Waals surface area contributed by atoms with Gasteiger partial charge in [-0.05, 0) is 44.0 Å². The Balaban J connectivity index is 1.84. The summed E-state index contributed by atoms with van der Waals surface area (Å²) < 4.78 is 13.4. The smallest absolute Gasteiger partial charge is 0.238 e. The van der Waals surface area contributed by atoms with Crippen molar-refractivity contribution in [2.24, 2.45) is 5.92 Å². The molecule has 3 nitrogen and oxygen atoms in total. The highest BCUT2D eigenvalue weighted by Crippen LogP contribution is 2.16. The van der Waals surface area contributed by atoms with Gasteiger partial charge in [0.25, 0.3) is 0 Å². The van der Waals surface area contributed by atoms with Crippen molar-refractivity contribution in [2.45, 2.75) is 19.8 Å². The number of halogens is 1. The zero-order valence-corrected chi connectivity index (χ0v) is 10.7. The Hall–Kier alpha value is -1.42. The van der Waals surface area contributed by atoms with Gasteiger partial charge in [0.15, 0.2) is 0 Å². The third-order valence-corrected chi connectivity index (χ3v) is 3.39. The van der Waals surface area contributed by atoms with E-state index in [-0.39, 0.29) is 11.6 Å². The van der Waals surface area contributed by atoms with Crippen LogP contribution in [0.1, 0.15) is 19.8 Å². The second-order valence-electron chi connectivity index (χ2n) is 4.99. The number of rotatable bonds is 3. The molecule has 1 aliphatic rings. The summed E-state index contributed by atoms with van der Waals surface area (Å²) in [5, 5.41) is 2.61. The molecule has 0 aromatic heterocycles. The van der Waals surface area contributed by atoms with Gasteiger partial charge in [-0.2, -0.15) is 0 Å². The molecule has 0 unspecified atom stereocenters. The fourth-order valence-electron chi connectivity index (χ4n) is 2.18. The molecule has 1 aromatic rings. The lowest BCUT2D eigenvalue weighted by atomic mass is 9.99. The number of nitrogens with one attached hydrogen (secondary N) is 1. The Labute approximate surface area is 107 Å². The highest BCUT2D eigenvalue weighted by molar-refractivity contribution is 5.92. The quantitative estimate of drug-likeness (QED) is 0.894. The van der Waals surface area contributed by atoms with Crippen LogP contribution in [0, 0.1) is 11.7 Å². The second-order valence-corrected chi connectivity index (χ2v) is 4.99. The molecule has 0 atom stereocenters. The number of likely N-dealkylation sites (tertiary alicyclic amines) is 1. The number of hydrogen-bond acceptors (Lipinski definition) is 2. The van der Waals surface area contributed by atoms with Crippen molar-refractivity contribution in [1.82, 2.24) is 4.90 Å². The van der Waals surface area contributed by atoms with E-state index in [9.17, 15) is 9.18 Å². The maximum atomic E-state index is 13.4. The van der Waals surface area contributed by atoms with E-state index in [0.717, 1.165) is 31.8 Å². The molecule has 0 aliphatic carbocycles. The van der Waals surface area contributed by atoms with E-state index in [1.165, 1.54) is 6.07 Å². The molecule has 0 radical (unpaired) electrons. The van der Waals surface area contributed by atoms with Crippen LogP contribution >= 0.6 is 0 Å². The van der Waals surface area contributed by atoms with Crippen LogP contribution in [0.15, 0.2) is 24.3 Å². The van der Waals surface area contributed by atoms with Crippen LogP contribution in [0.2, 0.25) is 0 Å². The van der Waals surface area contributed by atoms with Crippen molar-refractivity contribution in [3.8, 4) is 0 Å². The van der Waals surface area contributed by atoms with Crippen LogP contribution in [-0.2, 0) is 4.79 Å². The third-order valence-electron chi connectivity index (χ3n) is 3.39. The highest BCUT2D eigenvalue weighted by Gasteiger charge is 2.18. The van der Waals surface area contributed by atoms with Crippen molar-refractivity contribution in [2.75, 3.05) is 25.0 Å². The highest BCUT2D eigenvalue weighted by atomic mass is 19.1. The van der Waals surface area contributed by atoms with E-state index < -0.39 is 5.82 Å². The minimum absolute atomic E-state index is 0.144. The number of nitrogens with zero attached hydrogens (tertiary/aromatic N) is 1. The minimum Gasteiger partial charge on any atom is -0.322 e. The van der Waals surface area contributed by atoms with Crippen LogP contribution < -0.4 is 5.32 Å². The number of amides is 1. The Morgan fingerprint density at radius 2 is 2.06 bits per heavy atom. The molecule has 1 saturated heterocycles. The Bertz CT molecular complexity index is 414. The predicted molar refractivity (Wildman–Crippen MR) is 69.9 cm³/mol. The van der Waals surface area contributed by atoms with Gasteiger partial charge in [-0.15, -0.1) is 0 Å². The van der Waals surface area contributed by atoms with E-state index in [2.05, 4.69) is 17.1 Å². The normalized spacial score (nSPS) is 17.7. The molecule has 18 heavy (non-hydrogen) atoms. The average molecular weight is 250 g/mol. The van der Waals surface area contributed by atoms with E-state index in [1.54, 1.807) is 18.2 Å². The Morgan fingerprint density at radius 1 is 1.39 bits per heavy atom. The summed E-state index contributed by atoms with van der Waals surface area (Å²) >= 11 is 0. The molecule has 2 rings (SSSR count). The van der Waals surface area contributed by atoms with Crippen molar-refractivity contribution in [3.05, 3.63) is 30.1 Å². The van der Waals surface area contributed by atoms with Crippen molar-refractivity contribution < 1.29 is 9.18 Å². The fourth-order valence-corrected chi connectivity index (χ4v) is 2.18. The van der Waals surface area contributed by atoms with Crippen LogP contribution in [0.4, 0.5) is 10.1 Å². The molecule has 1 aromatic carbocycles. The van der Waals surface area contributed by atoms with Gasteiger partial charge in [-0.25, -0.2) is 4.39 Å². The largest absolute Gasteiger partial charge is 0.322 e. The summed E-state index contributed by atoms with van der Waals surface area (Å²) in [6.45, 7) is 4.48. The molecular weight excluding hydrogens is 231 g/mol. The number of para-hydroxylation sites is 1. The van der Waals surface area contributed by atoms with Gasteiger partial charge in [-0.1, -0.05) is 19.1 Å². The summed E-state index contributed by atoms with van der Waals surface area (Å²) in [5.74, 6) is 0.212. The van der Waals surface area contributed by atoms with Crippen molar-refractivity contribution in [3.63, 3.8) is 0 Å². The number of benzene rings is 1. The van der Waals surface area contributed by atoms with Crippen LogP contribution in [0.25, 0.3) is 0 Å². The van der Waals surface area contributed by atoms with Gasteiger partial charge in [-0.3, -0.25) is 9.69 Å². The third kappa shape index (κ3) is 3.53. The van der Waals surface area contributed by atoms with Crippen LogP contribution in [0.5, 0.6) is 0 Å². The Kier molecular flexibility index (Phi) is 4.31. The lowest BCUT2D eigenvalue weighted by Gasteiger charge is -2.29. The van der Waals surface area contributed by atoms with Gasteiger partial charge in [0.2, 0.25) is 5.91 Å². The van der Waals surface area contributed by atoms with Crippen molar-refractivity contribution >= 4 is 11.6 Å². The number of anilines is 1. The number of piperidine rings is 1. The number of hydrogen-bond donors (Lipinski definition) is 1. The van der Waals surface area contributed by atoms with Gasteiger partial charge < -0.3 is 5.32 Å². The van der Waals surface area contributed by atoms with E-state index in [1.807, 2.05) is 0 Å². The van der Waals surface area contributed by atoms with Crippen LogP contribution in [0.3, 0.4) is 0 Å². The minimum atomic E-state index is -0.391. The average Bonchev–Trinajstić information content (AvgIpc) is 2.35. The maximum absolute atomic E-state index is 13.4. The van der Waals surface area contributed by atoms with Gasteiger partial charge in [0.1, 0.15) is 5.82 Å². The predicted octanol–water partition coefficient (Wildman–Crippen LogP) is 2.50. The molecule has 1 amide bonds. The molecule has 1 N–H and O–H groups in total. The Morgan fingerprint density at radius 3 is 2.72 bits per heavy atom. The zero-order chi connectivity index (χ0) is 13.0. The summed E-state index contributed by atoms with van der Waals surface area (Å²) in [5.41, 5.74) is 0.257. The zero-order valence-electron chi connectivity index (χ0n) is 10.7. The summed E-state index contributed by atoms with van der Waals surface area (Å²) in [7, 11) is 0. The number of carbonyl (C=O) groups excluding carboxylic acids is 1. The van der Waals surface area contributed by atoms with E-state index in [4.69, 9.17) is 0 Å². The first-order valence-electron chi connectivity index (χ1n) is 6.42. The summed E-state index contributed by atoms with van der Waals surface area (Å²) in [6, 6.07) is 6.24. The van der Waals surface area contributed by atoms with E-state index >= 15 is 0 Å². The first-order valence-corrected chi connectivity index (χ1v) is 6.42. The van der Waals surface area contributed by atoms with Crippen LogP contribution in [-0.4, -0.2) is 30.4 Å². The SMILES string of the molecule is CC1CCN(CC(=O)Nc2ccccc2F)CC1.